The van der Waals surface area contributed by atoms with E-state index < -0.39 is 0 Å². The minimum Gasteiger partial charge on any atom is -0.508 e. The average molecular weight is 249 g/mol. The van der Waals surface area contributed by atoms with Crippen molar-refractivity contribution in [3.05, 3.63) is 53.6 Å². The van der Waals surface area contributed by atoms with Crippen LogP contribution in [0, 0.1) is 0 Å². The minimum absolute atomic E-state index is 0.332. The van der Waals surface area contributed by atoms with Crippen molar-refractivity contribution in [2.75, 3.05) is 0 Å². The normalized spacial score (nSPS) is 13.3. The largest absolute Gasteiger partial charge is 0.508 e. The van der Waals surface area contributed by atoms with Gasteiger partial charge in [-0.1, -0.05) is 24.3 Å². The zero-order chi connectivity index (χ0) is 13.0. The van der Waals surface area contributed by atoms with Crippen LogP contribution in [-0.2, 0) is 19.9 Å². The number of fused-ring (bicyclic) bond motifs is 5. The van der Waals surface area contributed by atoms with Crippen LogP contribution in [0.5, 0.6) is 5.75 Å². The summed E-state index contributed by atoms with van der Waals surface area (Å²) in [6, 6.07) is 14.3. The minimum atomic E-state index is 0.332. The first kappa shape index (κ1) is 10.7. The Morgan fingerprint density at radius 1 is 1.05 bits per heavy atom. The Kier molecular flexibility index (Phi) is 2.05. The first-order chi connectivity index (χ1) is 9.25. The third kappa shape index (κ3) is 1.37. The van der Waals surface area contributed by atoms with Gasteiger partial charge in [0.15, 0.2) is 0 Å². The summed E-state index contributed by atoms with van der Waals surface area (Å²) in [7, 11) is 2.09. The summed E-state index contributed by atoms with van der Waals surface area (Å²) in [5.74, 6) is 0.332. The van der Waals surface area contributed by atoms with E-state index in [2.05, 4.69) is 35.9 Å². The number of aromatic hydroxyl groups is 1. The molecule has 1 aliphatic rings. The fourth-order valence-electron chi connectivity index (χ4n) is 3.33. The van der Waals surface area contributed by atoms with Crippen LogP contribution in [0.15, 0.2) is 42.5 Å². The van der Waals surface area contributed by atoms with Crippen molar-refractivity contribution in [3.63, 3.8) is 0 Å². The summed E-state index contributed by atoms with van der Waals surface area (Å²) < 4.78 is 2.21. The predicted molar refractivity (Wildman–Crippen MR) is 77.4 cm³/mol. The summed E-state index contributed by atoms with van der Waals surface area (Å²) >= 11 is 0. The lowest BCUT2D eigenvalue weighted by molar-refractivity contribution is 0.476. The zero-order valence-corrected chi connectivity index (χ0v) is 10.9. The van der Waals surface area contributed by atoms with Gasteiger partial charge >= 0.3 is 0 Å². The number of benzene rings is 2. The van der Waals surface area contributed by atoms with E-state index in [1.54, 1.807) is 6.07 Å². The number of rotatable bonds is 0. The Labute approximate surface area is 111 Å². The standard InChI is InChI=1S/C17H15NO/c1-18-16-10-12(19)7-9-14(16)15-8-6-11-4-2-3-5-13(11)17(15)18/h2-5,7,9-10,19H,6,8H2,1H3. The molecule has 3 aromatic rings. The molecule has 1 heterocycles. The molecule has 0 amide bonds. The molecule has 2 nitrogen and oxygen atoms in total. The lowest BCUT2D eigenvalue weighted by atomic mass is 9.89. The summed E-state index contributed by atoms with van der Waals surface area (Å²) in [5, 5.41) is 11.0. The molecule has 0 atom stereocenters. The topological polar surface area (TPSA) is 25.2 Å². The van der Waals surface area contributed by atoms with Gasteiger partial charge in [0, 0.05) is 24.1 Å². The number of aromatic nitrogens is 1. The van der Waals surface area contributed by atoms with E-state index in [0.29, 0.717) is 5.75 Å². The highest BCUT2D eigenvalue weighted by Gasteiger charge is 2.22. The molecule has 0 saturated heterocycles. The van der Waals surface area contributed by atoms with Crippen molar-refractivity contribution in [2.24, 2.45) is 7.05 Å². The first-order valence-corrected chi connectivity index (χ1v) is 6.64. The third-order valence-electron chi connectivity index (χ3n) is 4.21. The summed E-state index contributed by atoms with van der Waals surface area (Å²) in [6.45, 7) is 0. The number of phenolic OH excluding ortho intramolecular Hbond substituents is 1. The maximum absolute atomic E-state index is 9.70. The van der Waals surface area contributed by atoms with E-state index in [-0.39, 0.29) is 0 Å². The van der Waals surface area contributed by atoms with Crippen LogP contribution in [0.3, 0.4) is 0 Å². The van der Waals surface area contributed by atoms with Gasteiger partial charge in [-0.25, -0.2) is 0 Å². The number of hydrogen-bond acceptors (Lipinski definition) is 1. The molecule has 0 bridgehead atoms. The SMILES string of the molecule is Cn1c2c(c3ccc(O)cc31)CCc1ccccc1-2. The molecular formula is C17H15NO. The lowest BCUT2D eigenvalue weighted by Crippen LogP contribution is -2.05. The maximum Gasteiger partial charge on any atom is 0.117 e. The number of hydrogen-bond donors (Lipinski definition) is 1. The second kappa shape index (κ2) is 3.64. The van der Waals surface area contributed by atoms with Crippen LogP contribution in [0.2, 0.25) is 0 Å². The van der Waals surface area contributed by atoms with Gasteiger partial charge in [0.1, 0.15) is 5.75 Å². The van der Waals surface area contributed by atoms with E-state index in [1.165, 1.54) is 27.8 Å². The lowest BCUT2D eigenvalue weighted by Gasteiger charge is -2.18. The Morgan fingerprint density at radius 2 is 1.89 bits per heavy atom. The monoisotopic (exact) mass is 249 g/mol. The molecule has 0 fully saturated rings. The third-order valence-corrected chi connectivity index (χ3v) is 4.21. The molecule has 0 unspecified atom stereocenters. The highest BCUT2D eigenvalue weighted by molar-refractivity contribution is 5.94. The summed E-state index contributed by atoms with van der Waals surface area (Å²) in [5.41, 5.74) is 6.59. The van der Waals surface area contributed by atoms with Crippen LogP contribution >= 0.6 is 0 Å². The van der Waals surface area contributed by atoms with Gasteiger partial charge in [0.25, 0.3) is 0 Å². The molecule has 19 heavy (non-hydrogen) atoms. The highest BCUT2D eigenvalue weighted by atomic mass is 16.3. The van der Waals surface area contributed by atoms with Gasteiger partial charge in [-0.2, -0.15) is 0 Å². The molecule has 2 aromatic carbocycles. The molecule has 2 heteroatoms. The smallest absolute Gasteiger partial charge is 0.117 e. The van der Waals surface area contributed by atoms with Crippen molar-refractivity contribution in [1.82, 2.24) is 4.57 Å². The van der Waals surface area contributed by atoms with Gasteiger partial charge < -0.3 is 9.67 Å². The van der Waals surface area contributed by atoms with Gasteiger partial charge in [-0.15, -0.1) is 0 Å². The van der Waals surface area contributed by atoms with Crippen molar-refractivity contribution < 1.29 is 5.11 Å². The second-order valence-corrected chi connectivity index (χ2v) is 5.24. The predicted octanol–water partition coefficient (Wildman–Crippen LogP) is 3.65. The van der Waals surface area contributed by atoms with E-state index in [4.69, 9.17) is 0 Å². The van der Waals surface area contributed by atoms with Crippen molar-refractivity contribution >= 4 is 10.9 Å². The number of phenols is 1. The van der Waals surface area contributed by atoms with Crippen molar-refractivity contribution in [2.45, 2.75) is 12.8 Å². The molecule has 0 spiro atoms. The quantitative estimate of drug-likeness (QED) is 0.646. The molecular weight excluding hydrogens is 234 g/mol. The van der Waals surface area contributed by atoms with Gasteiger partial charge in [0.05, 0.1) is 11.2 Å². The molecule has 0 radical (unpaired) electrons. The second-order valence-electron chi connectivity index (χ2n) is 5.24. The van der Waals surface area contributed by atoms with Crippen LogP contribution in [-0.4, -0.2) is 9.67 Å². The fraction of sp³-hybridized carbons (Fsp3) is 0.176. The first-order valence-electron chi connectivity index (χ1n) is 6.64. The Balaban J connectivity index is 2.14. The van der Waals surface area contributed by atoms with Crippen molar-refractivity contribution in [3.8, 4) is 17.0 Å². The van der Waals surface area contributed by atoms with Crippen LogP contribution in [0.1, 0.15) is 11.1 Å². The Hall–Kier alpha value is -2.22. The van der Waals surface area contributed by atoms with E-state index in [9.17, 15) is 5.11 Å². The van der Waals surface area contributed by atoms with Crippen molar-refractivity contribution in [1.29, 1.82) is 0 Å². The van der Waals surface area contributed by atoms with Gasteiger partial charge in [0.2, 0.25) is 0 Å². The molecule has 4 rings (SSSR count). The highest BCUT2D eigenvalue weighted by Crippen LogP contribution is 2.39. The molecule has 1 aliphatic carbocycles. The molecule has 0 aliphatic heterocycles. The van der Waals surface area contributed by atoms with Gasteiger partial charge in [-0.3, -0.25) is 0 Å². The van der Waals surface area contributed by atoms with E-state index >= 15 is 0 Å². The number of nitrogens with zero attached hydrogens (tertiary/aromatic N) is 1. The Bertz CT molecular complexity index is 798. The molecule has 94 valence electrons. The van der Waals surface area contributed by atoms with Crippen LogP contribution in [0.4, 0.5) is 0 Å². The van der Waals surface area contributed by atoms with E-state index in [1.807, 2.05) is 12.1 Å². The summed E-state index contributed by atoms with van der Waals surface area (Å²) in [6.07, 6.45) is 2.18. The van der Waals surface area contributed by atoms with Crippen LogP contribution in [0.25, 0.3) is 22.2 Å². The number of aryl methyl sites for hydroxylation is 3. The molecule has 1 aromatic heterocycles. The van der Waals surface area contributed by atoms with E-state index in [0.717, 1.165) is 18.4 Å². The maximum atomic E-state index is 9.70. The molecule has 1 N–H and O–H groups in total. The zero-order valence-electron chi connectivity index (χ0n) is 10.9. The average Bonchev–Trinajstić information content (AvgIpc) is 2.72. The molecule has 0 saturated carbocycles. The van der Waals surface area contributed by atoms with Crippen LogP contribution < -0.4 is 0 Å². The van der Waals surface area contributed by atoms with Gasteiger partial charge in [-0.05, 0) is 36.1 Å². The fourth-order valence-corrected chi connectivity index (χ4v) is 3.33. The summed E-state index contributed by atoms with van der Waals surface area (Å²) in [4.78, 5) is 0. The Morgan fingerprint density at radius 3 is 2.79 bits per heavy atom.